The number of hydrazine groups is 2. The minimum Gasteiger partial charge on any atom is -0.330 e. The molecule has 0 spiro atoms. The predicted molar refractivity (Wildman–Crippen MR) is 94.3 cm³/mol. The van der Waals surface area contributed by atoms with Gasteiger partial charge in [-0.3, -0.25) is 4.79 Å². The summed E-state index contributed by atoms with van der Waals surface area (Å²) in [5.41, 5.74) is 6.32. The first-order valence-corrected chi connectivity index (χ1v) is 8.73. The van der Waals surface area contributed by atoms with E-state index in [0.29, 0.717) is 12.1 Å². The number of benzene rings is 1. The second-order valence-electron chi connectivity index (χ2n) is 6.76. The first-order valence-electron chi connectivity index (χ1n) is 8.73. The topological polar surface area (TPSA) is 73.4 Å². The van der Waals surface area contributed by atoms with Gasteiger partial charge in [-0.15, -0.1) is 5.53 Å². The third-order valence-electron chi connectivity index (χ3n) is 4.79. The SMILES string of the molecule is C[C@H]1CC2=C(CN1C(=O)c1cccc(C(F)(F)F)c1)NNN2c1ncc(F)cn1. The van der Waals surface area contributed by atoms with Gasteiger partial charge in [0.15, 0.2) is 5.82 Å². The van der Waals surface area contributed by atoms with Crippen LogP contribution in [0.5, 0.6) is 0 Å². The highest BCUT2D eigenvalue weighted by Crippen LogP contribution is 2.32. The lowest BCUT2D eigenvalue weighted by atomic mass is 10.0. The Balaban J connectivity index is 1.57. The molecule has 152 valence electrons. The van der Waals surface area contributed by atoms with Crippen LogP contribution in [0.3, 0.4) is 0 Å². The number of amides is 1. The number of alkyl halides is 3. The van der Waals surface area contributed by atoms with E-state index in [0.717, 1.165) is 30.2 Å². The van der Waals surface area contributed by atoms with Crippen molar-refractivity contribution in [2.24, 2.45) is 0 Å². The average molecular weight is 408 g/mol. The third-order valence-corrected chi connectivity index (χ3v) is 4.79. The number of carbonyl (C=O) groups excluding carboxylic acids is 1. The van der Waals surface area contributed by atoms with E-state index in [4.69, 9.17) is 0 Å². The van der Waals surface area contributed by atoms with Crippen molar-refractivity contribution in [3.8, 4) is 0 Å². The maximum Gasteiger partial charge on any atom is 0.416 e. The first kappa shape index (κ1) is 19.1. The Labute approximate surface area is 163 Å². The molecule has 0 radical (unpaired) electrons. The Kier molecular flexibility index (Phi) is 4.61. The molecule has 0 fully saturated rings. The van der Waals surface area contributed by atoms with Crippen molar-refractivity contribution in [3.05, 3.63) is 65.0 Å². The van der Waals surface area contributed by atoms with Crippen LogP contribution in [-0.4, -0.2) is 33.4 Å². The Morgan fingerprint density at radius 2 is 1.97 bits per heavy atom. The molecule has 4 rings (SSSR count). The van der Waals surface area contributed by atoms with Crippen LogP contribution in [0.2, 0.25) is 0 Å². The van der Waals surface area contributed by atoms with Gasteiger partial charge >= 0.3 is 6.18 Å². The lowest BCUT2D eigenvalue weighted by Gasteiger charge is -2.34. The monoisotopic (exact) mass is 408 g/mol. The van der Waals surface area contributed by atoms with E-state index >= 15 is 0 Å². The van der Waals surface area contributed by atoms with E-state index in [1.54, 1.807) is 11.9 Å². The van der Waals surface area contributed by atoms with Gasteiger partial charge in [-0.1, -0.05) is 6.07 Å². The van der Waals surface area contributed by atoms with Crippen LogP contribution in [0.4, 0.5) is 23.5 Å². The van der Waals surface area contributed by atoms with Gasteiger partial charge in [-0.25, -0.2) is 19.4 Å². The number of anilines is 1. The maximum absolute atomic E-state index is 13.1. The van der Waals surface area contributed by atoms with Gasteiger partial charge in [0, 0.05) is 18.0 Å². The molecule has 0 unspecified atom stereocenters. The van der Waals surface area contributed by atoms with Crippen LogP contribution < -0.4 is 16.0 Å². The zero-order valence-corrected chi connectivity index (χ0v) is 15.2. The van der Waals surface area contributed by atoms with Crippen LogP contribution in [0.25, 0.3) is 0 Å². The van der Waals surface area contributed by atoms with E-state index in [-0.39, 0.29) is 24.1 Å². The lowest BCUT2D eigenvalue weighted by Crippen LogP contribution is -2.44. The van der Waals surface area contributed by atoms with Crippen molar-refractivity contribution in [1.29, 1.82) is 0 Å². The molecule has 0 saturated carbocycles. The summed E-state index contributed by atoms with van der Waals surface area (Å²) in [5.74, 6) is -0.827. The summed E-state index contributed by atoms with van der Waals surface area (Å²) in [7, 11) is 0. The molecule has 1 atom stereocenters. The smallest absolute Gasteiger partial charge is 0.330 e. The molecule has 1 aromatic carbocycles. The summed E-state index contributed by atoms with van der Waals surface area (Å²) in [6, 6.07) is 4.09. The normalized spacial score (nSPS) is 19.3. The second-order valence-corrected chi connectivity index (χ2v) is 6.76. The third kappa shape index (κ3) is 3.60. The molecule has 29 heavy (non-hydrogen) atoms. The number of rotatable bonds is 2. The Hall–Kier alpha value is -3.21. The molecule has 0 bridgehead atoms. The fourth-order valence-electron chi connectivity index (χ4n) is 3.32. The fourth-order valence-corrected chi connectivity index (χ4v) is 3.32. The Bertz CT molecular complexity index is 975. The number of nitrogens with one attached hydrogen (secondary N) is 2. The average Bonchev–Trinajstić information content (AvgIpc) is 3.09. The number of hydrogen-bond acceptors (Lipinski definition) is 6. The number of nitrogens with zero attached hydrogens (tertiary/aromatic N) is 4. The molecule has 1 aromatic heterocycles. The molecule has 2 aliphatic rings. The van der Waals surface area contributed by atoms with Gasteiger partial charge < -0.3 is 10.3 Å². The molecule has 2 N–H and O–H groups in total. The van der Waals surface area contributed by atoms with Crippen molar-refractivity contribution in [2.45, 2.75) is 25.6 Å². The molecule has 3 heterocycles. The van der Waals surface area contributed by atoms with Gasteiger partial charge in [0.05, 0.1) is 35.9 Å². The molecular weight excluding hydrogens is 392 g/mol. The standard InChI is InChI=1S/C18H16F4N6O/c1-10-5-15-14(25-26-28(15)17-23-7-13(19)8-24-17)9-27(10)16(29)11-3-2-4-12(6-11)18(20,21)22/h2-4,6-8,10,25-26H,5,9H2,1H3/t10-/m0/s1. The number of halogens is 4. The first-order chi connectivity index (χ1) is 13.7. The molecule has 2 aromatic rings. The molecular formula is C18H16F4N6O. The molecule has 7 nitrogen and oxygen atoms in total. The maximum atomic E-state index is 13.1. The zero-order valence-electron chi connectivity index (χ0n) is 15.2. The van der Waals surface area contributed by atoms with E-state index in [1.807, 2.05) is 0 Å². The van der Waals surface area contributed by atoms with Gasteiger partial charge in [0.25, 0.3) is 5.91 Å². The molecule has 2 aliphatic heterocycles. The summed E-state index contributed by atoms with van der Waals surface area (Å²) in [6.07, 6.45) is -2.04. The van der Waals surface area contributed by atoms with E-state index in [1.165, 1.54) is 17.0 Å². The quantitative estimate of drug-likeness (QED) is 0.745. The summed E-state index contributed by atoms with van der Waals surface area (Å²) < 4.78 is 52.0. The van der Waals surface area contributed by atoms with E-state index in [9.17, 15) is 22.4 Å². The molecule has 0 aliphatic carbocycles. The zero-order chi connectivity index (χ0) is 20.8. The van der Waals surface area contributed by atoms with Gasteiger partial charge in [-0.2, -0.15) is 13.2 Å². The van der Waals surface area contributed by atoms with Gasteiger partial charge in [0.1, 0.15) is 0 Å². The van der Waals surface area contributed by atoms with E-state index < -0.39 is 23.5 Å². The summed E-state index contributed by atoms with van der Waals surface area (Å²) in [4.78, 5) is 22.2. The summed E-state index contributed by atoms with van der Waals surface area (Å²) in [5, 5.41) is 1.55. The largest absolute Gasteiger partial charge is 0.416 e. The predicted octanol–water partition coefficient (Wildman–Crippen LogP) is 2.61. The van der Waals surface area contributed by atoms with Crippen molar-refractivity contribution in [2.75, 3.05) is 11.6 Å². The number of aromatic nitrogens is 2. The van der Waals surface area contributed by atoms with Crippen molar-refractivity contribution in [3.63, 3.8) is 0 Å². The Morgan fingerprint density at radius 3 is 2.66 bits per heavy atom. The van der Waals surface area contributed by atoms with Crippen LogP contribution in [0.1, 0.15) is 29.3 Å². The van der Waals surface area contributed by atoms with Crippen molar-refractivity contribution in [1.82, 2.24) is 25.8 Å². The summed E-state index contributed by atoms with van der Waals surface area (Å²) >= 11 is 0. The number of carbonyl (C=O) groups is 1. The molecule has 11 heteroatoms. The minimum atomic E-state index is -4.52. The van der Waals surface area contributed by atoms with E-state index in [2.05, 4.69) is 20.9 Å². The summed E-state index contributed by atoms with van der Waals surface area (Å²) in [6.45, 7) is 1.97. The van der Waals surface area contributed by atoms with Crippen LogP contribution in [-0.2, 0) is 6.18 Å². The second kappa shape index (κ2) is 6.99. The number of hydrogen-bond donors (Lipinski definition) is 2. The van der Waals surface area contributed by atoms with Gasteiger partial charge in [0.2, 0.25) is 5.95 Å². The molecule has 0 saturated heterocycles. The minimum absolute atomic E-state index is 0.0274. The highest BCUT2D eigenvalue weighted by molar-refractivity contribution is 5.95. The van der Waals surface area contributed by atoms with Crippen LogP contribution in [0, 0.1) is 5.82 Å². The van der Waals surface area contributed by atoms with Crippen molar-refractivity contribution < 1.29 is 22.4 Å². The van der Waals surface area contributed by atoms with Gasteiger partial charge in [-0.05, 0) is 25.1 Å². The highest BCUT2D eigenvalue weighted by Gasteiger charge is 2.37. The Morgan fingerprint density at radius 1 is 1.24 bits per heavy atom. The van der Waals surface area contributed by atoms with Crippen molar-refractivity contribution >= 4 is 11.9 Å². The lowest BCUT2D eigenvalue weighted by molar-refractivity contribution is -0.137. The highest BCUT2D eigenvalue weighted by atomic mass is 19.4. The fraction of sp³-hybridized carbons (Fsp3) is 0.278. The van der Waals surface area contributed by atoms with Crippen LogP contribution >= 0.6 is 0 Å². The van der Waals surface area contributed by atoms with Crippen LogP contribution in [0.15, 0.2) is 48.1 Å². The molecule has 1 amide bonds.